The number of carbonyl (C=O) groups is 1. The van der Waals surface area contributed by atoms with E-state index in [1.807, 2.05) is 38.1 Å². The van der Waals surface area contributed by atoms with E-state index in [4.69, 9.17) is 0 Å². The molecule has 1 aromatic rings. The Bertz CT molecular complexity index is 386. The Kier molecular flexibility index (Phi) is 5.69. The van der Waals surface area contributed by atoms with E-state index in [9.17, 15) is 4.79 Å². The van der Waals surface area contributed by atoms with Gasteiger partial charge in [-0.05, 0) is 38.3 Å². The summed E-state index contributed by atoms with van der Waals surface area (Å²) in [5.41, 5.74) is 2.17. The summed E-state index contributed by atoms with van der Waals surface area (Å²) in [6.45, 7) is 8.11. The number of benzene rings is 1. The highest BCUT2D eigenvalue weighted by atomic mass is 16.2. The van der Waals surface area contributed by atoms with Crippen LogP contribution in [-0.4, -0.2) is 18.0 Å². The quantitative estimate of drug-likeness (QED) is 0.812. The topological polar surface area (TPSA) is 41.1 Å². The average molecular weight is 248 g/mol. The highest BCUT2D eigenvalue weighted by Crippen LogP contribution is 2.14. The molecule has 0 aliphatic carbocycles. The first kappa shape index (κ1) is 14.6. The number of amides is 1. The maximum Gasteiger partial charge on any atom is 0.242 e. The van der Waals surface area contributed by atoms with Crippen LogP contribution in [0.3, 0.4) is 0 Å². The predicted octanol–water partition coefficient (Wildman–Crippen LogP) is 3.10. The highest BCUT2D eigenvalue weighted by molar-refractivity contribution is 5.84. The summed E-state index contributed by atoms with van der Waals surface area (Å²) < 4.78 is 0. The molecular formula is C15H24N2O. The number of hydrogen-bond donors (Lipinski definition) is 2. The van der Waals surface area contributed by atoms with Gasteiger partial charge in [0.1, 0.15) is 6.04 Å². The van der Waals surface area contributed by atoms with Crippen molar-refractivity contribution in [1.29, 1.82) is 0 Å². The lowest BCUT2D eigenvalue weighted by atomic mass is 10.1. The summed E-state index contributed by atoms with van der Waals surface area (Å²) in [7, 11) is 0. The van der Waals surface area contributed by atoms with Crippen LogP contribution in [0, 0.1) is 6.92 Å². The molecule has 3 nitrogen and oxygen atoms in total. The van der Waals surface area contributed by atoms with Gasteiger partial charge in [-0.1, -0.05) is 32.0 Å². The Morgan fingerprint density at radius 2 is 1.83 bits per heavy atom. The minimum absolute atomic E-state index is 0.0620. The van der Waals surface area contributed by atoms with Gasteiger partial charge in [-0.3, -0.25) is 4.79 Å². The summed E-state index contributed by atoms with van der Waals surface area (Å²) in [6, 6.07) is 8.06. The lowest BCUT2D eigenvalue weighted by molar-refractivity contribution is -0.122. The predicted molar refractivity (Wildman–Crippen MR) is 76.8 cm³/mol. The van der Waals surface area contributed by atoms with Crippen molar-refractivity contribution in [2.45, 2.75) is 52.6 Å². The monoisotopic (exact) mass is 248 g/mol. The van der Waals surface area contributed by atoms with Crippen LogP contribution in [0.5, 0.6) is 0 Å². The molecule has 0 aliphatic heterocycles. The van der Waals surface area contributed by atoms with Gasteiger partial charge in [-0.15, -0.1) is 0 Å². The minimum atomic E-state index is -0.216. The minimum Gasteiger partial charge on any atom is -0.374 e. The van der Waals surface area contributed by atoms with Crippen molar-refractivity contribution in [2.75, 3.05) is 5.32 Å². The van der Waals surface area contributed by atoms with Crippen molar-refractivity contribution >= 4 is 11.6 Å². The normalized spacial score (nSPS) is 12.3. The van der Waals surface area contributed by atoms with Gasteiger partial charge in [0.15, 0.2) is 0 Å². The van der Waals surface area contributed by atoms with Gasteiger partial charge in [0, 0.05) is 11.7 Å². The second kappa shape index (κ2) is 7.04. The molecule has 0 heterocycles. The lowest BCUT2D eigenvalue weighted by Crippen LogP contribution is -2.42. The standard InChI is InChI=1S/C15H24N2O/c1-5-13(6-2)17-15(18)12(4)16-14-10-8-7-9-11(14)3/h7-10,12-13,16H,5-6H2,1-4H3,(H,17,18). The Balaban J connectivity index is 2.57. The first-order valence-electron chi connectivity index (χ1n) is 6.71. The summed E-state index contributed by atoms with van der Waals surface area (Å²) in [5, 5.41) is 6.31. The van der Waals surface area contributed by atoms with Crippen LogP contribution in [0.4, 0.5) is 5.69 Å². The molecule has 1 rings (SSSR count). The first-order valence-corrected chi connectivity index (χ1v) is 6.71. The Morgan fingerprint density at radius 3 is 2.39 bits per heavy atom. The van der Waals surface area contributed by atoms with E-state index in [0.29, 0.717) is 0 Å². The van der Waals surface area contributed by atoms with Gasteiger partial charge in [-0.25, -0.2) is 0 Å². The molecule has 0 aliphatic rings. The number of aryl methyl sites for hydroxylation is 1. The van der Waals surface area contributed by atoms with Gasteiger partial charge in [0.2, 0.25) is 5.91 Å². The van der Waals surface area contributed by atoms with E-state index >= 15 is 0 Å². The Hall–Kier alpha value is -1.51. The van der Waals surface area contributed by atoms with E-state index in [2.05, 4.69) is 24.5 Å². The molecule has 1 aromatic carbocycles. The van der Waals surface area contributed by atoms with Crippen LogP contribution in [0.2, 0.25) is 0 Å². The zero-order valence-electron chi connectivity index (χ0n) is 11.8. The van der Waals surface area contributed by atoms with Gasteiger partial charge < -0.3 is 10.6 Å². The van der Waals surface area contributed by atoms with Crippen molar-refractivity contribution in [3.63, 3.8) is 0 Å². The maximum atomic E-state index is 12.0. The third kappa shape index (κ3) is 4.06. The fourth-order valence-corrected chi connectivity index (χ4v) is 1.85. The smallest absolute Gasteiger partial charge is 0.242 e. The van der Waals surface area contributed by atoms with Crippen molar-refractivity contribution in [2.24, 2.45) is 0 Å². The fourth-order valence-electron chi connectivity index (χ4n) is 1.85. The van der Waals surface area contributed by atoms with Crippen LogP contribution < -0.4 is 10.6 Å². The van der Waals surface area contributed by atoms with Crippen LogP contribution in [0.1, 0.15) is 39.2 Å². The molecule has 1 amide bonds. The lowest BCUT2D eigenvalue weighted by Gasteiger charge is -2.20. The van der Waals surface area contributed by atoms with Crippen molar-refractivity contribution in [1.82, 2.24) is 5.32 Å². The Labute approximate surface area is 110 Å². The van der Waals surface area contributed by atoms with Crippen LogP contribution in [0.25, 0.3) is 0 Å². The molecule has 2 N–H and O–H groups in total. The summed E-state index contributed by atoms with van der Waals surface area (Å²) in [5.74, 6) is 0.0620. The summed E-state index contributed by atoms with van der Waals surface area (Å²) >= 11 is 0. The van der Waals surface area contributed by atoms with Gasteiger partial charge >= 0.3 is 0 Å². The molecule has 100 valence electrons. The third-order valence-electron chi connectivity index (χ3n) is 3.24. The molecular weight excluding hydrogens is 224 g/mol. The largest absolute Gasteiger partial charge is 0.374 e. The molecule has 0 saturated heterocycles. The van der Waals surface area contributed by atoms with E-state index in [-0.39, 0.29) is 18.0 Å². The van der Waals surface area contributed by atoms with Crippen LogP contribution in [0.15, 0.2) is 24.3 Å². The number of para-hydroxylation sites is 1. The summed E-state index contributed by atoms with van der Waals surface area (Å²) in [4.78, 5) is 12.0. The molecule has 0 aromatic heterocycles. The van der Waals surface area contributed by atoms with E-state index < -0.39 is 0 Å². The highest BCUT2D eigenvalue weighted by Gasteiger charge is 2.15. The Morgan fingerprint density at radius 1 is 1.22 bits per heavy atom. The van der Waals surface area contributed by atoms with Crippen molar-refractivity contribution in [3.05, 3.63) is 29.8 Å². The number of nitrogens with one attached hydrogen (secondary N) is 2. The third-order valence-corrected chi connectivity index (χ3v) is 3.24. The average Bonchev–Trinajstić information content (AvgIpc) is 2.38. The van der Waals surface area contributed by atoms with E-state index in [1.165, 1.54) is 0 Å². The zero-order valence-corrected chi connectivity index (χ0v) is 11.8. The molecule has 0 fully saturated rings. The molecule has 0 saturated carbocycles. The summed E-state index contributed by atoms with van der Waals surface area (Å²) in [6.07, 6.45) is 1.94. The van der Waals surface area contributed by atoms with E-state index in [1.54, 1.807) is 0 Å². The molecule has 1 unspecified atom stereocenters. The van der Waals surface area contributed by atoms with E-state index in [0.717, 1.165) is 24.1 Å². The molecule has 18 heavy (non-hydrogen) atoms. The molecule has 0 spiro atoms. The van der Waals surface area contributed by atoms with Crippen molar-refractivity contribution in [3.8, 4) is 0 Å². The second-order valence-electron chi connectivity index (χ2n) is 4.70. The molecule has 0 radical (unpaired) electrons. The number of carbonyl (C=O) groups excluding carboxylic acids is 1. The fraction of sp³-hybridized carbons (Fsp3) is 0.533. The number of anilines is 1. The maximum absolute atomic E-state index is 12.0. The molecule has 3 heteroatoms. The zero-order chi connectivity index (χ0) is 13.5. The van der Waals surface area contributed by atoms with Crippen LogP contribution in [-0.2, 0) is 4.79 Å². The van der Waals surface area contributed by atoms with Crippen LogP contribution >= 0.6 is 0 Å². The number of hydrogen-bond acceptors (Lipinski definition) is 2. The van der Waals surface area contributed by atoms with Gasteiger partial charge in [0.25, 0.3) is 0 Å². The second-order valence-corrected chi connectivity index (χ2v) is 4.70. The molecule has 0 bridgehead atoms. The molecule has 1 atom stereocenters. The van der Waals surface area contributed by atoms with Crippen molar-refractivity contribution < 1.29 is 4.79 Å². The first-order chi connectivity index (χ1) is 8.58. The number of rotatable bonds is 6. The van der Waals surface area contributed by atoms with Gasteiger partial charge in [-0.2, -0.15) is 0 Å². The van der Waals surface area contributed by atoms with Gasteiger partial charge in [0.05, 0.1) is 0 Å². The SMILES string of the molecule is CCC(CC)NC(=O)C(C)Nc1ccccc1C.